The maximum Gasteiger partial charge on any atom is 0.261 e. The lowest BCUT2D eigenvalue weighted by Gasteiger charge is -2.05. The first-order valence-corrected chi connectivity index (χ1v) is 6.79. The van der Waals surface area contributed by atoms with Gasteiger partial charge in [0, 0.05) is 12.2 Å². The molecule has 0 saturated carbocycles. The number of hydrogen-bond donors (Lipinski definition) is 2. The first-order valence-electron chi connectivity index (χ1n) is 6.79. The van der Waals surface area contributed by atoms with Crippen LogP contribution in [0.25, 0.3) is 11.3 Å². The van der Waals surface area contributed by atoms with E-state index >= 15 is 0 Å². The van der Waals surface area contributed by atoms with Gasteiger partial charge in [0.1, 0.15) is 5.56 Å². The Morgan fingerprint density at radius 2 is 1.90 bits per heavy atom. The van der Waals surface area contributed by atoms with Crippen LogP contribution in [0.1, 0.15) is 30.1 Å². The number of aromatic amines is 1. The molecule has 2 N–H and O–H groups in total. The number of amides is 1. The van der Waals surface area contributed by atoms with Crippen LogP contribution in [0.15, 0.2) is 47.3 Å². The Labute approximate surface area is 117 Å². The Balaban J connectivity index is 2.18. The van der Waals surface area contributed by atoms with Gasteiger partial charge in [-0.05, 0) is 24.1 Å². The number of nitrogens with one attached hydrogen (secondary N) is 2. The van der Waals surface area contributed by atoms with Crippen molar-refractivity contribution in [2.24, 2.45) is 0 Å². The quantitative estimate of drug-likeness (QED) is 0.820. The molecule has 0 saturated heterocycles. The van der Waals surface area contributed by atoms with Gasteiger partial charge in [0.2, 0.25) is 0 Å². The first-order chi connectivity index (χ1) is 9.72. The number of unbranched alkanes of at least 4 members (excludes halogenated alkanes) is 1. The summed E-state index contributed by atoms with van der Waals surface area (Å²) in [5.74, 6) is -0.320. The van der Waals surface area contributed by atoms with E-state index in [1.807, 2.05) is 37.3 Å². The third-order valence-electron chi connectivity index (χ3n) is 3.05. The third kappa shape index (κ3) is 3.35. The molecular formula is C16H18N2O2. The van der Waals surface area contributed by atoms with Gasteiger partial charge in [-0.25, -0.2) is 0 Å². The fourth-order valence-electron chi connectivity index (χ4n) is 1.91. The summed E-state index contributed by atoms with van der Waals surface area (Å²) < 4.78 is 0. The average molecular weight is 270 g/mol. The molecule has 0 spiro atoms. The highest BCUT2D eigenvalue weighted by Gasteiger charge is 2.10. The SMILES string of the molecule is CCCCNC(=O)c1ccc(-c2ccccc2)[nH]c1=O. The van der Waals surface area contributed by atoms with Crippen LogP contribution in [0.2, 0.25) is 0 Å². The van der Waals surface area contributed by atoms with Gasteiger partial charge in [-0.3, -0.25) is 9.59 Å². The van der Waals surface area contributed by atoms with Crippen LogP contribution in [0.4, 0.5) is 0 Å². The van der Waals surface area contributed by atoms with Gasteiger partial charge in [0.15, 0.2) is 0 Å². The first kappa shape index (κ1) is 14.1. The van der Waals surface area contributed by atoms with Crippen LogP contribution in [-0.4, -0.2) is 17.4 Å². The van der Waals surface area contributed by atoms with E-state index in [0.29, 0.717) is 12.2 Å². The number of rotatable bonds is 5. The van der Waals surface area contributed by atoms with E-state index in [-0.39, 0.29) is 17.0 Å². The molecule has 0 radical (unpaired) electrons. The molecule has 0 aliphatic rings. The normalized spacial score (nSPS) is 10.2. The molecule has 4 heteroatoms. The highest BCUT2D eigenvalue weighted by molar-refractivity contribution is 5.94. The lowest BCUT2D eigenvalue weighted by Crippen LogP contribution is -2.30. The summed E-state index contributed by atoms with van der Waals surface area (Å²) in [6.45, 7) is 2.64. The van der Waals surface area contributed by atoms with Crippen LogP contribution >= 0.6 is 0 Å². The highest BCUT2D eigenvalue weighted by Crippen LogP contribution is 2.14. The van der Waals surface area contributed by atoms with Crippen molar-refractivity contribution in [3.8, 4) is 11.3 Å². The molecule has 1 amide bonds. The van der Waals surface area contributed by atoms with Crippen molar-refractivity contribution in [3.05, 3.63) is 58.4 Å². The molecule has 1 aromatic heterocycles. The number of pyridine rings is 1. The molecule has 0 fully saturated rings. The second-order valence-corrected chi connectivity index (χ2v) is 4.59. The monoisotopic (exact) mass is 270 g/mol. The summed E-state index contributed by atoms with van der Waals surface area (Å²) >= 11 is 0. The van der Waals surface area contributed by atoms with Crippen molar-refractivity contribution in [2.75, 3.05) is 6.54 Å². The lowest BCUT2D eigenvalue weighted by atomic mass is 10.1. The van der Waals surface area contributed by atoms with Gasteiger partial charge in [0.25, 0.3) is 11.5 Å². The fraction of sp³-hybridized carbons (Fsp3) is 0.250. The zero-order valence-corrected chi connectivity index (χ0v) is 11.5. The lowest BCUT2D eigenvalue weighted by molar-refractivity contribution is 0.0951. The van der Waals surface area contributed by atoms with E-state index in [9.17, 15) is 9.59 Å². The summed E-state index contributed by atoms with van der Waals surface area (Å²) in [5.41, 5.74) is 1.42. The zero-order chi connectivity index (χ0) is 14.4. The molecule has 1 heterocycles. The third-order valence-corrected chi connectivity index (χ3v) is 3.05. The molecule has 4 nitrogen and oxygen atoms in total. The number of benzene rings is 1. The smallest absolute Gasteiger partial charge is 0.261 e. The van der Waals surface area contributed by atoms with Gasteiger partial charge < -0.3 is 10.3 Å². The van der Waals surface area contributed by atoms with Gasteiger partial charge in [-0.2, -0.15) is 0 Å². The van der Waals surface area contributed by atoms with E-state index < -0.39 is 0 Å². The highest BCUT2D eigenvalue weighted by atomic mass is 16.2. The van der Waals surface area contributed by atoms with Crippen LogP contribution < -0.4 is 10.9 Å². The summed E-state index contributed by atoms with van der Waals surface area (Å²) in [6.07, 6.45) is 1.91. The van der Waals surface area contributed by atoms with Crippen LogP contribution in [0.5, 0.6) is 0 Å². The van der Waals surface area contributed by atoms with Crippen molar-refractivity contribution in [1.29, 1.82) is 0 Å². The summed E-state index contributed by atoms with van der Waals surface area (Å²) in [5, 5.41) is 2.74. The topological polar surface area (TPSA) is 62.0 Å². The number of carbonyl (C=O) groups is 1. The largest absolute Gasteiger partial charge is 0.352 e. The van der Waals surface area contributed by atoms with Crippen molar-refractivity contribution in [3.63, 3.8) is 0 Å². The zero-order valence-electron chi connectivity index (χ0n) is 11.5. The van der Waals surface area contributed by atoms with Crippen molar-refractivity contribution in [2.45, 2.75) is 19.8 Å². The van der Waals surface area contributed by atoms with E-state index in [4.69, 9.17) is 0 Å². The van der Waals surface area contributed by atoms with Crippen molar-refractivity contribution >= 4 is 5.91 Å². The Bertz CT molecular complexity index is 632. The molecule has 1 aromatic carbocycles. The maximum absolute atomic E-state index is 12.0. The number of carbonyl (C=O) groups excluding carboxylic acids is 1. The second kappa shape index (κ2) is 6.70. The molecule has 2 aromatic rings. The summed E-state index contributed by atoms with van der Waals surface area (Å²) in [6, 6.07) is 12.9. The number of H-pyrrole nitrogens is 1. The van der Waals surface area contributed by atoms with E-state index in [1.165, 1.54) is 0 Å². The molecule has 0 atom stereocenters. The van der Waals surface area contributed by atoms with Gasteiger partial charge in [0.05, 0.1) is 0 Å². The molecular weight excluding hydrogens is 252 g/mol. The maximum atomic E-state index is 12.0. The van der Waals surface area contributed by atoms with E-state index in [2.05, 4.69) is 10.3 Å². The number of hydrogen-bond acceptors (Lipinski definition) is 2. The summed E-state index contributed by atoms with van der Waals surface area (Å²) in [4.78, 5) is 26.6. The Morgan fingerprint density at radius 3 is 2.55 bits per heavy atom. The van der Waals surface area contributed by atoms with Gasteiger partial charge >= 0.3 is 0 Å². The molecule has 0 aliphatic heterocycles. The Morgan fingerprint density at radius 1 is 1.15 bits per heavy atom. The standard InChI is InChI=1S/C16H18N2O2/c1-2-3-11-17-15(19)13-9-10-14(18-16(13)20)12-7-5-4-6-8-12/h4-10H,2-3,11H2,1H3,(H,17,19)(H,18,20). The molecule has 20 heavy (non-hydrogen) atoms. The Hall–Kier alpha value is -2.36. The minimum atomic E-state index is -0.361. The number of aromatic nitrogens is 1. The van der Waals surface area contributed by atoms with Gasteiger partial charge in [-0.1, -0.05) is 43.7 Å². The van der Waals surface area contributed by atoms with Crippen LogP contribution in [-0.2, 0) is 0 Å². The molecule has 0 bridgehead atoms. The average Bonchev–Trinajstić information content (AvgIpc) is 2.48. The molecule has 2 rings (SSSR count). The molecule has 0 aliphatic carbocycles. The van der Waals surface area contributed by atoms with Crippen molar-refractivity contribution in [1.82, 2.24) is 10.3 Å². The predicted octanol–water partition coefficient (Wildman–Crippen LogP) is 2.57. The van der Waals surface area contributed by atoms with Crippen LogP contribution in [0, 0.1) is 0 Å². The second-order valence-electron chi connectivity index (χ2n) is 4.59. The fourth-order valence-corrected chi connectivity index (χ4v) is 1.91. The summed E-state index contributed by atoms with van der Waals surface area (Å²) in [7, 11) is 0. The van der Waals surface area contributed by atoms with Crippen molar-refractivity contribution < 1.29 is 4.79 Å². The predicted molar refractivity (Wildman–Crippen MR) is 79.7 cm³/mol. The minimum Gasteiger partial charge on any atom is -0.352 e. The van der Waals surface area contributed by atoms with Crippen LogP contribution in [0.3, 0.4) is 0 Å². The minimum absolute atomic E-state index is 0.154. The Kier molecular flexibility index (Phi) is 4.71. The van der Waals surface area contributed by atoms with E-state index in [0.717, 1.165) is 18.4 Å². The molecule has 104 valence electrons. The molecule has 0 unspecified atom stereocenters. The van der Waals surface area contributed by atoms with Gasteiger partial charge in [-0.15, -0.1) is 0 Å². The van der Waals surface area contributed by atoms with E-state index in [1.54, 1.807) is 12.1 Å².